The number of halogens is 1. The number of hydrogen-bond donors (Lipinski definition) is 1. The minimum Gasteiger partial charge on any atom is -0.497 e. The lowest BCUT2D eigenvalue weighted by atomic mass is 10.1. The summed E-state index contributed by atoms with van der Waals surface area (Å²) in [7, 11) is 4.44. The van der Waals surface area contributed by atoms with Crippen molar-refractivity contribution in [1.29, 1.82) is 0 Å². The van der Waals surface area contributed by atoms with Crippen LogP contribution in [0.25, 0.3) is 0 Å². The van der Waals surface area contributed by atoms with E-state index in [0.717, 1.165) is 17.1 Å². The van der Waals surface area contributed by atoms with Crippen molar-refractivity contribution in [3.05, 3.63) is 58.4 Å². The molecule has 1 aromatic heterocycles. The normalized spacial score (nSPS) is 12.0. The smallest absolute Gasteiger partial charge is 0.346 e. The number of nitrogens with zero attached hydrogens (tertiary/aromatic N) is 1. The second-order valence-corrected chi connectivity index (χ2v) is 7.93. The summed E-state index contributed by atoms with van der Waals surface area (Å²) in [5, 5.41) is 3.68. The highest BCUT2D eigenvalue weighted by atomic mass is 32.1. The summed E-state index contributed by atoms with van der Waals surface area (Å²) in [5.74, 6) is 1.03. The summed E-state index contributed by atoms with van der Waals surface area (Å²) in [6.45, 7) is 0.850. The van der Waals surface area contributed by atoms with Gasteiger partial charge in [0.25, 0.3) is 0 Å². The maximum atomic E-state index is 14.3. The number of hydrogen-bond acceptors (Lipinski definition) is 9. The van der Waals surface area contributed by atoms with Crippen LogP contribution in [0.15, 0.2) is 30.3 Å². The zero-order valence-corrected chi connectivity index (χ0v) is 19.2. The Bertz CT molecular complexity index is 1170. The Morgan fingerprint density at radius 2 is 2.06 bits per heavy atom. The molecule has 0 spiro atoms. The number of anilines is 1. The van der Waals surface area contributed by atoms with Gasteiger partial charge in [-0.15, -0.1) is 0 Å². The van der Waals surface area contributed by atoms with E-state index >= 15 is 0 Å². The first-order valence-corrected chi connectivity index (χ1v) is 10.9. The lowest BCUT2D eigenvalue weighted by molar-refractivity contribution is 0.0596. The van der Waals surface area contributed by atoms with Gasteiger partial charge in [-0.3, -0.25) is 0 Å². The Morgan fingerprint density at radius 3 is 2.82 bits per heavy atom. The number of rotatable bonds is 9. The van der Waals surface area contributed by atoms with Crippen LogP contribution in [0.1, 0.15) is 27.0 Å². The summed E-state index contributed by atoms with van der Waals surface area (Å²) < 4.78 is 45.3. The number of esters is 1. The molecule has 2 aromatic carbocycles. The summed E-state index contributed by atoms with van der Waals surface area (Å²) in [5.41, 5.74) is 2.18. The molecule has 0 unspecified atom stereocenters. The van der Waals surface area contributed by atoms with Crippen LogP contribution in [0.3, 0.4) is 0 Å². The van der Waals surface area contributed by atoms with Crippen molar-refractivity contribution in [2.75, 3.05) is 33.3 Å². The molecule has 174 valence electrons. The highest BCUT2D eigenvalue weighted by Gasteiger charge is 2.24. The average Bonchev–Trinajstić information content (AvgIpc) is 3.48. The highest BCUT2D eigenvalue weighted by Crippen LogP contribution is 2.34. The van der Waals surface area contributed by atoms with Crippen LogP contribution in [0.5, 0.6) is 23.1 Å². The molecular weight excluding hydrogens is 451 g/mol. The third-order valence-electron chi connectivity index (χ3n) is 5.18. The molecule has 1 aliphatic heterocycles. The van der Waals surface area contributed by atoms with Gasteiger partial charge >= 0.3 is 5.97 Å². The van der Waals surface area contributed by atoms with Crippen molar-refractivity contribution in [3.63, 3.8) is 0 Å². The summed E-state index contributed by atoms with van der Waals surface area (Å²) >= 11 is 1.07. The van der Waals surface area contributed by atoms with Gasteiger partial charge in [0.2, 0.25) is 5.88 Å². The first-order chi connectivity index (χ1) is 16.0. The number of benzene rings is 2. The van der Waals surface area contributed by atoms with Gasteiger partial charge in [0.15, 0.2) is 5.56 Å². The van der Waals surface area contributed by atoms with Gasteiger partial charge in [0.1, 0.15) is 34.7 Å². The SMILES string of the molecule is COC(=O)c1c(OCc2cc(F)c3c(c2)OCC3)nsc1NCc1ccc(OC)cc1OC. The molecule has 4 rings (SSSR count). The molecular formula is C23H23FN2O6S. The molecule has 1 aliphatic rings. The maximum absolute atomic E-state index is 14.3. The molecule has 0 amide bonds. The van der Waals surface area contributed by atoms with E-state index in [4.69, 9.17) is 23.7 Å². The van der Waals surface area contributed by atoms with Crippen molar-refractivity contribution >= 4 is 22.5 Å². The Morgan fingerprint density at radius 1 is 1.21 bits per heavy atom. The van der Waals surface area contributed by atoms with Gasteiger partial charge in [-0.2, -0.15) is 4.37 Å². The molecule has 1 N–H and O–H groups in total. The van der Waals surface area contributed by atoms with Gasteiger partial charge < -0.3 is 29.0 Å². The van der Waals surface area contributed by atoms with Crippen LogP contribution in [0, 0.1) is 5.82 Å². The van der Waals surface area contributed by atoms with E-state index in [2.05, 4.69) is 9.69 Å². The summed E-state index contributed by atoms with van der Waals surface area (Å²) in [6, 6.07) is 8.61. The van der Waals surface area contributed by atoms with Crippen molar-refractivity contribution in [1.82, 2.24) is 4.37 Å². The quantitative estimate of drug-likeness (QED) is 0.462. The summed E-state index contributed by atoms with van der Waals surface area (Å²) in [4.78, 5) is 12.5. The lowest BCUT2D eigenvalue weighted by Gasteiger charge is -2.12. The molecule has 2 heterocycles. The number of ether oxygens (including phenoxy) is 5. The van der Waals surface area contributed by atoms with Gasteiger partial charge in [-0.1, -0.05) is 0 Å². The highest BCUT2D eigenvalue weighted by molar-refractivity contribution is 7.10. The first kappa shape index (κ1) is 22.7. The number of nitrogens with one attached hydrogen (secondary N) is 1. The van der Waals surface area contributed by atoms with Gasteiger partial charge in [0, 0.05) is 30.2 Å². The van der Waals surface area contributed by atoms with E-state index in [1.807, 2.05) is 12.1 Å². The Labute approximate surface area is 194 Å². The molecule has 10 heteroatoms. The van der Waals surface area contributed by atoms with E-state index in [0.29, 0.717) is 52.9 Å². The largest absolute Gasteiger partial charge is 0.497 e. The minimum atomic E-state index is -0.591. The van der Waals surface area contributed by atoms with Crippen LogP contribution in [-0.4, -0.2) is 38.3 Å². The number of carbonyl (C=O) groups excluding carboxylic acids is 1. The zero-order valence-electron chi connectivity index (χ0n) is 18.4. The Hall–Kier alpha value is -3.53. The molecule has 0 saturated carbocycles. The molecule has 0 fully saturated rings. The number of carbonyl (C=O) groups is 1. The van der Waals surface area contributed by atoms with Gasteiger partial charge in [-0.25, -0.2) is 9.18 Å². The van der Waals surface area contributed by atoms with Crippen LogP contribution in [0.4, 0.5) is 9.39 Å². The minimum absolute atomic E-state index is 0.0209. The predicted molar refractivity (Wildman–Crippen MR) is 120 cm³/mol. The second kappa shape index (κ2) is 9.95. The fraction of sp³-hybridized carbons (Fsp3) is 0.304. The molecule has 3 aromatic rings. The molecule has 0 atom stereocenters. The lowest BCUT2D eigenvalue weighted by Crippen LogP contribution is -2.09. The first-order valence-electron chi connectivity index (χ1n) is 10.1. The second-order valence-electron chi connectivity index (χ2n) is 7.16. The van der Waals surface area contributed by atoms with Gasteiger partial charge in [-0.05, 0) is 41.4 Å². The van der Waals surface area contributed by atoms with E-state index < -0.39 is 5.97 Å². The van der Waals surface area contributed by atoms with E-state index in [9.17, 15) is 9.18 Å². The number of aromatic nitrogens is 1. The average molecular weight is 475 g/mol. The predicted octanol–water partition coefficient (Wildman–Crippen LogP) is 4.21. The fourth-order valence-corrected chi connectivity index (χ4v) is 4.20. The van der Waals surface area contributed by atoms with E-state index in [-0.39, 0.29) is 23.9 Å². The Balaban J connectivity index is 1.51. The molecule has 0 radical (unpaired) electrons. The van der Waals surface area contributed by atoms with Crippen molar-refractivity contribution < 1.29 is 32.9 Å². The van der Waals surface area contributed by atoms with Gasteiger partial charge in [0.05, 0.1) is 27.9 Å². The summed E-state index contributed by atoms with van der Waals surface area (Å²) in [6.07, 6.45) is 0.550. The molecule has 0 bridgehead atoms. The third-order valence-corrected chi connectivity index (χ3v) is 5.97. The monoisotopic (exact) mass is 474 g/mol. The molecule has 33 heavy (non-hydrogen) atoms. The van der Waals surface area contributed by atoms with Crippen molar-refractivity contribution in [2.24, 2.45) is 0 Å². The Kier molecular flexibility index (Phi) is 6.83. The van der Waals surface area contributed by atoms with Crippen molar-refractivity contribution in [2.45, 2.75) is 19.6 Å². The number of fused-ring (bicyclic) bond motifs is 1. The van der Waals surface area contributed by atoms with E-state index in [1.54, 1.807) is 26.4 Å². The zero-order chi connectivity index (χ0) is 23.4. The van der Waals surface area contributed by atoms with Crippen LogP contribution in [-0.2, 0) is 24.3 Å². The van der Waals surface area contributed by atoms with Crippen molar-refractivity contribution in [3.8, 4) is 23.1 Å². The molecule has 0 aliphatic carbocycles. The topological polar surface area (TPSA) is 88.1 Å². The van der Waals surface area contributed by atoms with E-state index in [1.165, 1.54) is 13.2 Å². The number of methoxy groups -OCH3 is 3. The fourth-order valence-electron chi connectivity index (χ4n) is 3.48. The third kappa shape index (κ3) is 4.80. The van der Waals surface area contributed by atoms with Crippen LogP contribution < -0.4 is 24.3 Å². The standard InChI is InChI=1S/C23H23FN2O6S/c1-28-15-5-4-14(18(10-15)29-2)11-25-22-20(23(27)30-3)21(26-33-22)32-12-13-8-17(24)16-6-7-31-19(16)9-13/h4-5,8-10,25H,6-7,11-12H2,1-3H3. The molecule has 8 nitrogen and oxygen atoms in total. The van der Waals surface area contributed by atoms with Crippen LogP contribution in [0.2, 0.25) is 0 Å². The maximum Gasteiger partial charge on any atom is 0.346 e. The van der Waals surface area contributed by atoms with Crippen LogP contribution >= 0.6 is 11.5 Å². The molecule has 0 saturated heterocycles.